The van der Waals surface area contributed by atoms with Gasteiger partial charge in [-0.3, -0.25) is 4.79 Å². The Bertz CT molecular complexity index is 207. The maximum Gasteiger partial charge on any atom is 0.222 e. The van der Waals surface area contributed by atoms with E-state index in [1.54, 1.807) is 0 Å². The van der Waals surface area contributed by atoms with Crippen molar-refractivity contribution < 1.29 is 4.79 Å². The topological polar surface area (TPSA) is 20.3 Å². The molecule has 1 heterocycles. The highest BCUT2D eigenvalue weighted by atomic mass is 16.2. The van der Waals surface area contributed by atoms with Crippen molar-refractivity contribution in [1.82, 2.24) is 4.90 Å². The summed E-state index contributed by atoms with van der Waals surface area (Å²) < 4.78 is 0. The van der Waals surface area contributed by atoms with Gasteiger partial charge < -0.3 is 4.90 Å². The van der Waals surface area contributed by atoms with Crippen molar-refractivity contribution in [2.24, 2.45) is 5.92 Å². The highest BCUT2D eigenvalue weighted by molar-refractivity contribution is 6.11. The van der Waals surface area contributed by atoms with E-state index >= 15 is 0 Å². The number of amides is 1. The molecule has 3 atom stereocenters. The standard InChI is InChI=1S/C11H20BNO/c1-4-9(12)8-6-7-11(14)13(3)10(8)5-2/h8-10H,4-7H2,1-3H3. The summed E-state index contributed by atoms with van der Waals surface area (Å²) in [5.41, 5.74) is 0. The molecule has 2 nitrogen and oxygen atoms in total. The predicted octanol–water partition coefficient (Wildman–Crippen LogP) is 2.00. The van der Waals surface area contributed by atoms with Crippen molar-refractivity contribution in [2.45, 2.75) is 51.4 Å². The number of hydrogen-bond donors (Lipinski definition) is 0. The molecule has 3 heteroatoms. The molecule has 0 saturated carbocycles. The van der Waals surface area contributed by atoms with Crippen LogP contribution in [0.25, 0.3) is 0 Å². The van der Waals surface area contributed by atoms with Gasteiger partial charge in [-0.2, -0.15) is 0 Å². The number of rotatable bonds is 3. The van der Waals surface area contributed by atoms with Gasteiger partial charge in [0.1, 0.15) is 0 Å². The lowest BCUT2D eigenvalue weighted by Crippen LogP contribution is -2.47. The van der Waals surface area contributed by atoms with E-state index in [2.05, 4.69) is 13.8 Å². The summed E-state index contributed by atoms with van der Waals surface area (Å²) in [4.78, 5) is 13.4. The summed E-state index contributed by atoms with van der Waals surface area (Å²) in [6, 6.07) is 0.353. The fourth-order valence-corrected chi connectivity index (χ4v) is 2.51. The van der Waals surface area contributed by atoms with Crippen LogP contribution in [-0.2, 0) is 4.79 Å². The van der Waals surface area contributed by atoms with Gasteiger partial charge >= 0.3 is 0 Å². The zero-order valence-electron chi connectivity index (χ0n) is 9.49. The Kier molecular flexibility index (Phi) is 4.03. The number of carbonyl (C=O) groups excluding carboxylic acids is 1. The molecular formula is C11H20BNO. The van der Waals surface area contributed by atoms with E-state index in [9.17, 15) is 4.79 Å². The van der Waals surface area contributed by atoms with Crippen molar-refractivity contribution in [3.8, 4) is 0 Å². The van der Waals surface area contributed by atoms with Crippen LogP contribution < -0.4 is 0 Å². The summed E-state index contributed by atoms with van der Waals surface area (Å²) >= 11 is 0. The molecule has 0 N–H and O–H groups in total. The number of nitrogens with zero attached hydrogens (tertiary/aromatic N) is 1. The first-order valence-electron chi connectivity index (χ1n) is 5.63. The molecule has 1 rings (SSSR count). The molecule has 0 aromatic carbocycles. The molecule has 1 saturated heterocycles. The Hall–Kier alpha value is -0.465. The van der Waals surface area contributed by atoms with Gasteiger partial charge in [-0.05, 0) is 18.8 Å². The fraction of sp³-hybridized carbons (Fsp3) is 0.909. The minimum atomic E-state index is 0.246. The average Bonchev–Trinajstić information content (AvgIpc) is 2.20. The molecule has 78 valence electrons. The maximum absolute atomic E-state index is 11.5. The quantitative estimate of drug-likeness (QED) is 0.627. The van der Waals surface area contributed by atoms with E-state index < -0.39 is 0 Å². The van der Waals surface area contributed by atoms with Crippen molar-refractivity contribution in [1.29, 1.82) is 0 Å². The van der Waals surface area contributed by atoms with Crippen LogP contribution in [0.5, 0.6) is 0 Å². The van der Waals surface area contributed by atoms with Crippen molar-refractivity contribution in [3.63, 3.8) is 0 Å². The second-order valence-electron chi connectivity index (χ2n) is 4.25. The van der Waals surface area contributed by atoms with Crippen LogP contribution in [0.4, 0.5) is 0 Å². The van der Waals surface area contributed by atoms with E-state index in [1.165, 1.54) is 0 Å². The largest absolute Gasteiger partial charge is 0.343 e. The van der Waals surface area contributed by atoms with E-state index in [0.29, 0.717) is 18.4 Å². The molecule has 2 radical (unpaired) electrons. The molecular weight excluding hydrogens is 173 g/mol. The Morgan fingerprint density at radius 3 is 2.71 bits per heavy atom. The Morgan fingerprint density at radius 1 is 1.57 bits per heavy atom. The second-order valence-corrected chi connectivity index (χ2v) is 4.25. The van der Waals surface area contributed by atoms with E-state index in [4.69, 9.17) is 7.85 Å². The lowest BCUT2D eigenvalue weighted by atomic mass is 9.67. The van der Waals surface area contributed by atoms with E-state index in [-0.39, 0.29) is 11.7 Å². The van der Waals surface area contributed by atoms with Gasteiger partial charge in [-0.1, -0.05) is 26.1 Å². The third-order valence-electron chi connectivity index (χ3n) is 3.52. The molecule has 3 unspecified atom stereocenters. The zero-order chi connectivity index (χ0) is 10.7. The minimum Gasteiger partial charge on any atom is -0.343 e. The van der Waals surface area contributed by atoms with Gasteiger partial charge in [0.15, 0.2) is 0 Å². The Balaban J connectivity index is 2.71. The van der Waals surface area contributed by atoms with Gasteiger partial charge in [0, 0.05) is 19.5 Å². The minimum absolute atomic E-state index is 0.246. The van der Waals surface area contributed by atoms with Crippen molar-refractivity contribution in [3.05, 3.63) is 0 Å². The van der Waals surface area contributed by atoms with Gasteiger partial charge in [-0.25, -0.2) is 0 Å². The molecule has 1 amide bonds. The molecule has 1 aliphatic rings. The molecule has 0 aromatic heterocycles. The summed E-state index contributed by atoms with van der Waals surface area (Å²) in [5.74, 6) is 1.01. The number of likely N-dealkylation sites (tertiary alicyclic amines) is 1. The third kappa shape index (κ3) is 2.13. The first-order chi connectivity index (χ1) is 6.61. The van der Waals surface area contributed by atoms with E-state index in [0.717, 1.165) is 19.3 Å². The molecule has 0 aromatic rings. The number of carbonyl (C=O) groups is 1. The molecule has 0 spiro atoms. The lowest BCUT2D eigenvalue weighted by molar-refractivity contribution is -0.137. The first kappa shape index (κ1) is 11.6. The number of piperidine rings is 1. The summed E-state index contributed by atoms with van der Waals surface area (Å²) in [6.07, 6.45) is 3.66. The van der Waals surface area contributed by atoms with Gasteiger partial charge in [-0.15, -0.1) is 0 Å². The molecule has 0 aliphatic carbocycles. The molecule has 0 bridgehead atoms. The van der Waals surface area contributed by atoms with Crippen LogP contribution in [-0.4, -0.2) is 31.7 Å². The Morgan fingerprint density at radius 2 is 2.21 bits per heavy atom. The highest BCUT2D eigenvalue weighted by Gasteiger charge is 2.34. The van der Waals surface area contributed by atoms with Crippen LogP contribution >= 0.6 is 0 Å². The monoisotopic (exact) mass is 193 g/mol. The predicted molar refractivity (Wildman–Crippen MR) is 59.4 cm³/mol. The molecule has 1 aliphatic heterocycles. The van der Waals surface area contributed by atoms with Gasteiger partial charge in [0.25, 0.3) is 0 Å². The maximum atomic E-state index is 11.5. The highest BCUT2D eigenvalue weighted by Crippen LogP contribution is 2.34. The SMILES string of the molecule is [B]C(CC)C1CCC(=O)N(C)C1CC. The smallest absolute Gasteiger partial charge is 0.222 e. The summed E-state index contributed by atoms with van der Waals surface area (Å²) in [7, 11) is 7.99. The summed E-state index contributed by atoms with van der Waals surface area (Å²) in [5, 5.41) is 0. The average molecular weight is 193 g/mol. The fourth-order valence-electron chi connectivity index (χ4n) is 2.51. The normalized spacial score (nSPS) is 30.5. The third-order valence-corrected chi connectivity index (χ3v) is 3.52. The molecule has 1 fully saturated rings. The van der Waals surface area contributed by atoms with Gasteiger partial charge in [0.2, 0.25) is 5.91 Å². The Labute approximate surface area is 88.5 Å². The van der Waals surface area contributed by atoms with Crippen molar-refractivity contribution >= 4 is 13.8 Å². The van der Waals surface area contributed by atoms with Crippen LogP contribution in [0.15, 0.2) is 0 Å². The van der Waals surface area contributed by atoms with E-state index in [1.807, 2.05) is 11.9 Å². The van der Waals surface area contributed by atoms with Crippen molar-refractivity contribution in [2.75, 3.05) is 7.05 Å². The summed E-state index contributed by atoms with van der Waals surface area (Å²) in [6.45, 7) is 4.25. The second kappa shape index (κ2) is 4.85. The van der Waals surface area contributed by atoms with Crippen LogP contribution in [0.3, 0.4) is 0 Å². The lowest BCUT2D eigenvalue weighted by Gasteiger charge is -2.41. The van der Waals surface area contributed by atoms with Gasteiger partial charge in [0.05, 0.1) is 7.85 Å². The van der Waals surface area contributed by atoms with Crippen LogP contribution in [0, 0.1) is 5.92 Å². The van der Waals surface area contributed by atoms with Crippen LogP contribution in [0.1, 0.15) is 39.5 Å². The zero-order valence-corrected chi connectivity index (χ0v) is 9.49. The van der Waals surface area contributed by atoms with Crippen LogP contribution in [0.2, 0.25) is 5.82 Å². The number of hydrogen-bond acceptors (Lipinski definition) is 1. The molecule has 14 heavy (non-hydrogen) atoms. The first-order valence-corrected chi connectivity index (χ1v) is 5.63.